The standard InChI is InChI=1S/C23H30N2O2S/c1-19-7-11-22(12-8-19)24-15-17-25(18-16-24)28(26,27)23-13-9-21(10-14-23)20-5-3-2-4-6-20/h7-14,20H,2-6,15-18H2,1H3. The molecule has 2 aromatic carbocycles. The van der Waals surface area contributed by atoms with Crippen LogP contribution in [0.2, 0.25) is 0 Å². The number of hydrogen-bond acceptors (Lipinski definition) is 3. The maximum absolute atomic E-state index is 13.1. The summed E-state index contributed by atoms with van der Waals surface area (Å²) in [7, 11) is -3.42. The molecule has 28 heavy (non-hydrogen) atoms. The molecule has 1 heterocycles. The van der Waals surface area contributed by atoms with Crippen molar-refractivity contribution in [3.05, 3.63) is 59.7 Å². The van der Waals surface area contributed by atoms with Crippen LogP contribution in [0.25, 0.3) is 0 Å². The van der Waals surface area contributed by atoms with Gasteiger partial charge in [0.1, 0.15) is 0 Å². The molecular formula is C23H30N2O2S. The van der Waals surface area contributed by atoms with Crippen LogP contribution in [0.5, 0.6) is 0 Å². The van der Waals surface area contributed by atoms with Crippen molar-refractivity contribution in [2.75, 3.05) is 31.1 Å². The Morgan fingerprint density at radius 3 is 2.00 bits per heavy atom. The maximum Gasteiger partial charge on any atom is 0.243 e. The second kappa shape index (κ2) is 8.26. The SMILES string of the molecule is Cc1ccc(N2CCN(S(=O)(=O)c3ccc(C4CCCCC4)cc3)CC2)cc1. The van der Waals surface area contributed by atoms with Crippen LogP contribution in [-0.4, -0.2) is 38.9 Å². The summed E-state index contributed by atoms with van der Waals surface area (Å²) >= 11 is 0. The van der Waals surface area contributed by atoms with E-state index in [9.17, 15) is 8.42 Å². The second-order valence-electron chi connectivity index (χ2n) is 8.13. The maximum atomic E-state index is 13.1. The predicted molar refractivity (Wildman–Crippen MR) is 114 cm³/mol. The van der Waals surface area contributed by atoms with Crippen molar-refractivity contribution in [3.63, 3.8) is 0 Å². The summed E-state index contributed by atoms with van der Waals surface area (Å²) in [6.45, 7) is 4.58. The Balaban J connectivity index is 1.41. The molecule has 0 radical (unpaired) electrons. The van der Waals surface area contributed by atoms with E-state index >= 15 is 0 Å². The van der Waals surface area contributed by atoms with Crippen molar-refractivity contribution in [3.8, 4) is 0 Å². The topological polar surface area (TPSA) is 40.6 Å². The molecule has 0 amide bonds. The molecule has 5 heteroatoms. The molecule has 0 atom stereocenters. The average Bonchev–Trinajstić information content (AvgIpc) is 2.75. The van der Waals surface area contributed by atoms with Gasteiger partial charge in [-0.05, 0) is 55.5 Å². The monoisotopic (exact) mass is 398 g/mol. The zero-order valence-electron chi connectivity index (χ0n) is 16.7. The van der Waals surface area contributed by atoms with Crippen LogP contribution in [0, 0.1) is 6.92 Å². The van der Waals surface area contributed by atoms with Gasteiger partial charge in [-0.2, -0.15) is 4.31 Å². The van der Waals surface area contributed by atoms with E-state index in [-0.39, 0.29) is 0 Å². The third kappa shape index (κ3) is 4.11. The van der Waals surface area contributed by atoms with Gasteiger partial charge >= 0.3 is 0 Å². The average molecular weight is 399 g/mol. The van der Waals surface area contributed by atoms with E-state index in [0.29, 0.717) is 23.9 Å². The summed E-state index contributed by atoms with van der Waals surface area (Å²) in [6, 6.07) is 16.1. The fraction of sp³-hybridized carbons (Fsp3) is 0.478. The van der Waals surface area contributed by atoms with E-state index in [0.717, 1.165) is 13.1 Å². The van der Waals surface area contributed by atoms with Gasteiger partial charge < -0.3 is 4.90 Å². The van der Waals surface area contributed by atoms with Crippen molar-refractivity contribution in [1.29, 1.82) is 0 Å². The van der Waals surface area contributed by atoms with Gasteiger partial charge in [0.15, 0.2) is 0 Å². The molecule has 2 aromatic rings. The van der Waals surface area contributed by atoms with Gasteiger partial charge in [0, 0.05) is 31.9 Å². The van der Waals surface area contributed by atoms with E-state index in [1.54, 1.807) is 4.31 Å². The molecule has 150 valence electrons. The number of aryl methyl sites for hydroxylation is 1. The van der Waals surface area contributed by atoms with Crippen molar-refractivity contribution >= 4 is 15.7 Å². The summed E-state index contributed by atoms with van der Waals surface area (Å²) < 4.78 is 27.8. The Bertz CT molecular complexity index is 877. The summed E-state index contributed by atoms with van der Waals surface area (Å²) in [6.07, 6.45) is 6.36. The summed E-state index contributed by atoms with van der Waals surface area (Å²) in [5.74, 6) is 0.601. The van der Waals surface area contributed by atoms with Gasteiger partial charge in [0.2, 0.25) is 10.0 Å². The van der Waals surface area contributed by atoms with Crippen molar-refractivity contribution in [2.24, 2.45) is 0 Å². The van der Waals surface area contributed by atoms with Crippen LogP contribution in [0.4, 0.5) is 5.69 Å². The molecule has 1 aliphatic carbocycles. The molecule has 4 nitrogen and oxygen atoms in total. The largest absolute Gasteiger partial charge is 0.369 e. The highest BCUT2D eigenvalue weighted by Gasteiger charge is 2.28. The summed E-state index contributed by atoms with van der Waals surface area (Å²) in [4.78, 5) is 2.69. The fourth-order valence-electron chi connectivity index (χ4n) is 4.44. The second-order valence-corrected chi connectivity index (χ2v) is 10.1. The summed E-state index contributed by atoms with van der Waals surface area (Å²) in [5.41, 5.74) is 3.70. The Labute approximate surface area is 169 Å². The first-order valence-corrected chi connectivity index (χ1v) is 11.9. The number of sulfonamides is 1. The molecule has 0 aromatic heterocycles. The number of anilines is 1. The lowest BCUT2D eigenvalue weighted by atomic mass is 9.84. The molecule has 4 rings (SSSR count). The van der Waals surface area contributed by atoms with Crippen LogP contribution in [-0.2, 0) is 10.0 Å². The molecule has 1 saturated carbocycles. The van der Waals surface area contributed by atoms with E-state index in [1.165, 1.54) is 48.9 Å². The van der Waals surface area contributed by atoms with Gasteiger partial charge in [-0.25, -0.2) is 8.42 Å². The normalized spacial score (nSPS) is 19.7. The zero-order chi connectivity index (χ0) is 19.6. The molecular weight excluding hydrogens is 368 g/mol. The van der Waals surface area contributed by atoms with Crippen LogP contribution < -0.4 is 4.90 Å². The van der Waals surface area contributed by atoms with E-state index in [1.807, 2.05) is 24.3 Å². The highest BCUT2D eigenvalue weighted by Crippen LogP contribution is 2.33. The molecule has 0 unspecified atom stereocenters. The Hall–Kier alpha value is -1.85. The minimum atomic E-state index is -3.42. The van der Waals surface area contributed by atoms with Crippen LogP contribution in [0.1, 0.15) is 49.1 Å². The van der Waals surface area contributed by atoms with Crippen molar-refractivity contribution < 1.29 is 8.42 Å². The summed E-state index contributed by atoms with van der Waals surface area (Å²) in [5, 5.41) is 0. The van der Waals surface area contributed by atoms with E-state index in [2.05, 4.69) is 36.1 Å². The van der Waals surface area contributed by atoms with Gasteiger partial charge in [0.05, 0.1) is 4.90 Å². The zero-order valence-corrected chi connectivity index (χ0v) is 17.5. The Morgan fingerprint density at radius 1 is 0.786 bits per heavy atom. The van der Waals surface area contributed by atoms with Crippen molar-refractivity contribution in [2.45, 2.75) is 49.8 Å². The molecule has 0 spiro atoms. The van der Waals surface area contributed by atoms with E-state index < -0.39 is 10.0 Å². The van der Waals surface area contributed by atoms with Gasteiger partial charge in [0.25, 0.3) is 0 Å². The molecule has 1 aliphatic heterocycles. The number of hydrogen-bond donors (Lipinski definition) is 0. The Morgan fingerprint density at radius 2 is 1.39 bits per heavy atom. The number of rotatable bonds is 4. The van der Waals surface area contributed by atoms with Crippen molar-refractivity contribution in [1.82, 2.24) is 4.31 Å². The van der Waals surface area contributed by atoms with Crippen LogP contribution >= 0.6 is 0 Å². The number of nitrogens with zero attached hydrogens (tertiary/aromatic N) is 2. The predicted octanol–water partition coefficient (Wildman–Crippen LogP) is 4.55. The minimum absolute atomic E-state index is 0.427. The quantitative estimate of drug-likeness (QED) is 0.758. The number of benzene rings is 2. The molecule has 2 fully saturated rings. The molecule has 0 N–H and O–H groups in total. The lowest BCUT2D eigenvalue weighted by molar-refractivity contribution is 0.385. The lowest BCUT2D eigenvalue weighted by Gasteiger charge is -2.35. The molecule has 1 saturated heterocycles. The first-order chi connectivity index (χ1) is 13.5. The third-order valence-corrected chi connectivity index (χ3v) is 8.15. The van der Waals surface area contributed by atoms with Crippen LogP contribution in [0.15, 0.2) is 53.4 Å². The van der Waals surface area contributed by atoms with Gasteiger partial charge in [-0.15, -0.1) is 0 Å². The molecule has 0 bridgehead atoms. The van der Waals surface area contributed by atoms with Crippen LogP contribution in [0.3, 0.4) is 0 Å². The highest BCUT2D eigenvalue weighted by atomic mass is 32.2. The highest BCUT2D eigenvalue weighted by molar-refractivity contribution is 7.89. The Kier molecular flexibility index (Phi) is 5.74. The third-order valence-electron chi connectivity index (χ3n) is 6.23. The smallest absolute Gasteiger partial charge is 0.243 e. The van der Waals surface area contributed by atoms with Gasteiger partial charge in [-0.1, -0.05) is 49.1 Å². The number of piperazine rings is 1. The lowest BCUT2D eigenvalue weighted by Crippen LogP contribution is -2.48. The first-order valence-electron chi connectivity index (χ1n) is 10.5. The van der Waals surface area contributed by atoms with E-state index in [4.69, 9.17) is 0 Å². The molecule has 2 aliphatic rings. The first kappa shape index (κ1) is 19.5. The minimum Gasteiger partial charge on any atom is -0.369 e. The van der Waals surface area contributed by atoms with Gasteiger partial charge in [-0.3, -0.25) is 0 Å². The fourth-order valence-corrected chi connectivity index (χ4v) is 5.86.